The number of nitrogens with zero attached hydrogens (tertiary/aromatic N) is 2. The van der Waals surface area contributed by atoms with E-state index in [0.717, 1.165) is 6.26 Å². The number of hydrogen-bond acceptors (Lipinski definition) is 4. The standard InChI is InChI=1S/C11H14F2N2O2S/c1-3-9-10(15-6-11(12,13)7-15)4-8(5-14-9)18(2,16)17/h4-5H,3,6-7H2,1-2H3. The van der Waals surface area contributed by atoms with Crippen LogP contribution in [0.1, 0.15) is 12.6 Å². The van der Waals surface area contributed by atoms with Crippen molar-refractivity contribution in [3.63, 3.8) is 0 Å². The zero-order valence-electron chi connectivity index (χ0n) is 10.2. The zero-order valence-corrected chi connectivity index (χ0v) is 11.0. The topological polar surface area (TPSA) is 50.3 Å². The maximum atomic E-state index is 12.9. The Labute approximate surface area is 105 Å². The number of alkyl halides is 2. The van der Waals surface area contributed by atoms with Crippen LogP contribution < -0.4 is 4.90 Å². The molecule has 1 aromatic rings. The molecule has 100 valence electrons. The Hall–Kier alpha value is -1.24. The van der Waals surface area contributed by atoms with E-state index in [-0.39, 0.29) is 18.0 Å². The molecule has 1 aromatic heterocycles. The van der Waals surface area contributed by atoms with Crippen molar-refractivity contribution in [3.8, 4) is 0 Å². The van der Waals surface area contributed by atoms with E-state index in [1.54, 1.807) is 0 Å². The van der Waals surface area contributed by atoms with Crippen LogP contribution in [0.3, 0.4) is 0 Å². The van der Waals surface area contributed by atoms with Crippen LogP contribution in [0.25, 0.3) is 0 Å². The van der Waals surface area contributed by atoms with Gasteiger partial charge < -0.3 is 4.90 Å². The highest BCUT2D eigenvalue weighted by Gasteiger charge is 2.44. The van der Waals surface area contributed by atoms with Crippen LogP contribution in [-0.2, 0) is 16.3 Å². The maximum Gasteiger partial charge on any atom is 0.282 e. The quantitative estimate of drug-likeness (QED) is 0.839. The molecule has 0 bridgehead atoms. The molecule has 0 atom stereocenters. The molecule has 0 aromatic carbocycles. The first-order valence-corrected chi connectivity index (χ1v) is 7.44. The number of sulfone groups is 1. The summed E-state index contributed by atoms with van der Waals surface area (Å²) >= 11 is 0. The highest BCUT2D eigenvalue weighted by atomic mass is 32.2. The predicted molar refractivity (Wildman–Crippen MR) is 63.9 cm³/mol. The van der Waals surface area contributed by atoms with Gasteiger partial charge in [-0.3, -0.25) is 4.98 Å². The summed E-state index contributed by atoms with van der Waals surface area (Å²) in [6.45, 7) is 1.09. The van der Waals surface area contributed by atoms with Crippen molar-refractivity contribution in [3.05, 3.63) is 18.0 Å². The van der Waals surface area contributed by atoms with Gasteiger partial charge in [-0.2, -0.15) is 0 Å². The van der Waals surface area contributed by atoms with Gasteiger partial charge in [0.2, 0.25) is 0 Å². The maximum absolute atomic E-state index is 12.9. The molecule has 1 aliphatic rings. The summed E-state index contributed by atoms with van der Waals surface area (Å²) in [6, 6.07) is 1.43. The summed E-state index contributed by atoms with van der Waals surface area (Å²) in [7, 11) is -3.37. The van der Waals surface area contributed by atoms with Crippen molar-refractivity contribution in [1.82, 2.24) is 4.98 Å². The van der Waals surface area contributed by atoms with Crippen LogP contribution in [0.15, 0.2) is 17.2 Å². The van der Waals surface area contributed by atoms with E-state index in [0.29, 0.717) is 17.8 Å². The third kappa shape index (κ3) is 2.45. The van der Waals surface area contributed by atoms with E-state index in [2.05, 4.69) is 4.98 Å². The van der Waals surface area contributed by atoms with Crippen molar-refractivity contribution >= 4 is 15.5 Å². The summed E-state index contributed by atoms with van der Waals surface area (Å²) in [6.07, 6.45) is 2.92. The molecule has 0 radical (unpaired) electrons. The zero-order chi connectivity index (χ0) is 13.6. The van der Waals surface area contributed by atoms with Crippen molar-refractivity contribution in [2.45, 2.75) is 24.2 Å². The minimum atomic E-state index is -3.37. The van der Waals surface area contributed by atoms with Crippen molar-refractivity contribution in [2.75, 3.05) is 24.2 Å². The third-order valence-electron chi connectivity index (χ3n) is 2.87. The van der Waals surface area contributed by atoms with Gasteiger partial charge in [-0.25, -0.2) is 17.2 Å². The average molecular weight is 276 g/mol. The van der Waals surface area contributed by atoms with Gasteiger partial charge in [0.1, 0.15) is 0 Å². The lowest BCUT2D eigenvalue weighted by Gasteiger charge is -2.41. The second kappa shape index (κ2) is 4.15. The van der Waals surface area contributed by atoms with Crippen LogP contribution >= 0.6 is 0 Å². The van der Waals surface area contributed by atoms with Gasteiger partial charge in [-0.1, -0.05) is 6.92 Å². The van der Waals surface area contributed by atoms with Crippen molar-refractivity contribution in [2.24, 2.45) is 0 Å². The van der Waals surface area contributed by atoms with E-state index < -0.39 is 15.8 Å². The normalized spacial score (nSPS) is 18.6. The number of rotatable bonds is 3. The van der Waals surface area contributed by atoms with Gasteiger partial charge in [0.15, 0.2) is 9.84 Å². The number of hydrogen-bond donors (Lipinski definition) is 0. The molecule has 4 nitrogen and oxygen atoms in total. The second-order valence-electron chi connectivity index (χ2n) is 4.47. The second-order valence-corrected chi connectivity index (χ2v) is 6.49. The molecule has 7 heteroatoms. The number of aromatic nitrogens is 1. The van der Waals surface area contributed by atoms with Gasteiger partial charge >= 0.3 is 0 Å². The Balaban J connectivity index is 2.39. The van der Waals surface area contributed by atoms with Crippen LogP contribution in [0.4, 0.5) is 14.5 Å². The molecule has 0 unspecified atom stereocenters. The summed E-state index contributed by atoms with van der Waals surface area (Å²) in [5.41, 5.74) is 1.13. The molecule has 0 amide bonds. The smallest absolute Gasteiger partial charge is 0.282 e. The molecule has 2 heterocycles. The first-order chi connectivity index (χ1) is 8.23. The number of halogens is 2. The summed E-state index contributed by atoms with van der Waals surface area (Å²) in [5, 5.41) is 0. The summed E-state index contributed by atoms with van der Waals surface area (Å²) < 4.78 is 48.6. The molecule has 0 spiro atoms. The Morgan fingerprint density at radius 1 is 1.44 bits per heavy atom. The first-order valence-electron chi connectivity index (χ1n) is 5.55. The molecule has 0 aliphatic carbocycles. The van der Waals surface area contributed by atoms with E-state index in [9.17, 15) is 17.2 Å². The molecule has 2 rings (SSSR count). The van der Waals surface area contributed by atoms with Crippen molar-refractivity contribution < 1.29 is 17.2 Å². The Morgan fingerprint density at radius 3 is 2.50 bits per heavy atom. The van der Waals surface area contributed by atoms with Gasteiger partial charge in [0.25, 0.3) is 5.92 Å². The highest BCUT2D eigenvalue weighted by Crippen LogP contribution is 2.34. The molecule has 0 saturated carbocycles. The number of pyridine rings is 1. The molecule has 0 N–H and O–H groups in total. The van der Waals surface area contributed by atoms with Crippen LogP contribution in [0, 0.1) is 0 Å². The first kappa shape index (κ1) is 13.2. The van der Waals surface area contributed by atoms with E-state index in [1.165, 1.54) is 17.2 Å². The average Bonchev–Trinajstić information content (AvgIpc) is 2.23. The van der Waals surface area contributed by atoms with E-state index >= 15 is 0 Å². The van der Waals surface area contributed by atoms with Gasteiger partial charge in [-0.05, 0) is 12.5 Å². The van der Waals surface area contributed by atoms with Gasteiger partial charge in [-0.15, -0.1) is 0 Å². The molecule has 18 heavy (non-hydrogen) atoms. The van der Waals surface area contributed by atoms with Crippen LogP contribution in [0.5, 0.6) is 0 Å². The highest BCUT2D eigenvalue weighted by molar-refractivity contribution is 7.90. The molecule has 1 saturated heterocycles. The molecule has 1 aliphatic heterocycles. The summed E-state index contributed by atoms with van der Waals surface area (Å²) in [4.78, 5) is 5.57. The minimum Gasteiger partial charge on any atom is -0.358 e. The minimum absolute atomic E-state index is 0.0601. The Bertz CT molecular complexity index is 564. The Kier molecular flexibility index (Phi) is 3.04. The monoisotopic (exact) mass is 276 g/mol. The largest absolute Gasteiger partial charge is 0.358 e. The SMILES string of the molecule is CCc1ncc(S(C)(=O)=O)cc1N1CC(F)(F)C1. The molecule has 1 fully saturated rings. The lowest BCUT2D eigenvalue weighted by atomic mass is 10.1. The van der Waals surface area contributed by atoms with Gasteiger partial charge in [0, 0.05) is 12.5 Å². The molecular formula is C11H14F2N2O2S. The van der Waals surface area contributed by atoms with Crippen LogP contribution in [0.2, 0.25) is 0 Å². The summed E-state index contributed by atoms with van der Waals surface area (Å²) in [5.74, 6) is -2.69. The fraction of sp³-hybridized carbons (Fsp3) is 0.545. The predicted octanol–water partition coefficient (Wildman–Crippen LogP) is 1.50. The fourth-order valence-electron chi connectivity index (χ4n) is 1.89. The Morgan fingerprint density at radius 2 is 2.06 bits per heavy atom. The van der Waals surface area contributed by atoms with E-state index in [4.69, 9.17) is 0 Å². The van der Waals surface area contributed by atoms with Crippen LogP contribution in [-0.4, -0.2) is 38.7 Å². The van der Waals surface area contributed by atoms with Crippen molar-refractivity contribution in [1.29, 1.82) is 0 Å². The van der Waals surface area contributed by atoms with E-state index in [1.807, 2.05) is 6.92 Å². The third-order valence-corrected chi connectivity index (χ3v) is 3.95. The fourth-order valence-corrected chi connectivity index (χ4v) is 2.46. The van der Waals surface area contributed by atoms with Gasteiger partial charge in [0.05, 0.1) is 29.4 Å². The number of aryl methyl sites for hydroxylation is 1. The number of anilines is 1. The molecular weight excluding hydrogens is 262 g/mol. The lowest BCUT2D eigenvalue weighted by molar-refractivity contribution is -0.0263. The lowest BCUT2D eigenvalue weighted by Crippen LogP contribution is -2.56.